The Morgan fingerprint density at radius 3 is 2.89 bits per heavy atom. The topological polar surface area (TPSA) is 34.0 Å². The molecule has 0 saturated carbocycles. The van der Waals surface area contributed by atoms with Gasteiger partial charge >= 0.3 is 0 Å². The second-order valence-electron chi connectivity index (χ2n) is 4.74. The number of likely N-dealkylation sites (tertiary alicyclic amines) is 1. The average molecular weight is 241 g/mol. The summed E-state index contributed by atoms with van der Waals surface area (Å²) in [6.45, 7) is 3.45. The van der Waals surface area contributed by atoms with E-state index in [0.29, 0.717) is 0 Å². The summed E-state index contributed by atoms with van der Waals surface area (Å²) in [6.07, 6.45) is 9.33. The number of pyridine rings is 1. The van der Waals surface area contributed by atoms with Crippen molar-refractivity contribution in [2.75, 3.05) is 13.1 Å². The van der Waals surface area contributed by atoms with Gasteiger partial charge in [0.25, 0.3) is 0 Å². The van der Waals surface area contributed by atoms with Gasteiger partial charge in [0.2, 0.25) is 0 Å². The van der Waals surface area contributed by atoms with Crippen molar-refractivity contribution in [3.8, 4) is 5.82 Å². The number of piperidine rings is 1. The third-order valence-electron chi connectivity index (χ3n) is 3.35. The molecule has 1 aliphatic rings. The van der Waals surface area contributed by atoms with Crippen LogP contribution < -0.4 is 0 Å². The molecule has 2 aromatic heterocycles. The lowest BCUT2D eigenvalue weighted by atomic mass is 10.1. The van der Waals surface area contributed by atoms with E-state index >= 15 is 0 Å². The van der Waals surface area contributed by atoms with Crippen LogP contribution in [-0.2, 0) is 6.54 Å². The standard InChI is InChI=1S/C14H17N4/c1-2-8-17(9-3-1)12-13-5-7-15-14(11-13)18-10-4-6-16-18/h5-7,10-11H,1-3,8-9,12H2. The molecule has 0 bridgehead atoms. The van der Waals surface area contributed by atoms with Gasteiger partial charge in [-0.25, -0.2) is 9.67 Å². The van der Waals surface area contributed by atoms with E-state index in [-0.39, 0.29) is 0 Å². The Morgan fingerprint density at radius 1 is 1.22 bits per heavy atom. The van der Waals surface area contributed by atoms with Gasteiger partial charge < -0.3 is 0 Å². The Labute approximate surface area is 107 Å². The summed E-state index contributed by atoms with van der Waals surface area (Å²) in [5, 5.41) is 4.16. The van der Waals surface area contributed by atoms with Crippen molar-refractivity contribution in [3.05, 3.63) is 42.4 Å². The van der Waals surface area contributed by atoms with Crippen LogP contribution in [0.5, 0.6) is 0 Å². The van der Waals surface area contributed by atoms with Crippen LogP contribution in [0.4, 0.5) is 0 Å². The molecule has 1 radical (unpaired) electrons. The van der Waals surface area contributed by atoms with Crippen molar-refractivity contribution in [1.82, 2.24) is 19.7 Å². The third kappa shape index (κ3) is 2.59. The molecule has 93 valence electrons. The molecule has 4 nitrogen and oxygen atoms in total. The molecule has 18 heavy (non-hydrogen) atoms. The molecule has 0 aromatic carbocycles. The first-order chi connectivity index (χ1) is 8.92. The van der Waals surface area contributed by atoms with Gasteiger partial charge in [0.15, 0.2) is 5.82 Å². The summed E-state index contributed by atoms with van der Waals surface area (Å²) in [7, 11) is 0. The fourth-order valence-corrected chi connectivity index (χ4v) is 2.42. The minimum absolute atomic E-state index is 0.866. The van der Waals surface area contributed by atoms with Gasteiger partial charge in [0.1, 0.15) is 0 Å². The van der Waals surface area contributed by atoms with Crippen LogP contribution >= 0.6 is 0 Å². The van der Waals surface area contributed by atoms with Gasteiger partial charge in [-0.15, -0.1) is 0 Å². The van der Waals surface area contributed by atoms with E-state index in [1.54, 1.807) is 17.1 Å². The van der Waals surface area contributed by atoms with Crippen LogP contribution in [0, 0.1) is 6.07 Å². The predicted octanol–water partition coefficient (Wildman–Crippen LogP) is 2.05. The molecule has 1 fully saturated rings. The van der Waals surface area contributed by atoms with E-state index in [0.717, 1.165) is 12.4 Å². The van der Waals surface area contributed by atoms with Gasteiger partial charge in [0, 0.05) is 25.0 Å². The van der Waals surface area contributed by atoms with Gasteiger partial charge in [-0.05, 0) is 43.6 Å². The van der Waals surface area contributed by atoms with E-state index in [4.69, 9.17) is 0 Å². The molecular formula is C14H17N4. The van der Waals surface area contributed by atoms with Crippen LogP contribution in [0.1, 0.15) is 24.8 Å². The maximum atomic E-state index is 4.34. The van der Waals surface area contributed by atoms with Crippen molar-refractivity contribution in [2.45, 2.75) is 25.8 Å². The Balaban J connectivity index is 1.74. The van der Waals surface area contributed by atoms with Crippen LogP contribution in [0.15, 0.2) is 30.7 Å². The minimum atomic E-state index is 0.866. The van der Waals surface area contributed by atoms with Gasteiger partial charge in [0.05, 0.1) is 6.20 Å². The number of hydrogen-bond donors (Lipinski definition) is 0. The van der Waals surface area contributed by atoms with E-state index in [1.165, 1.54) is 37.9 Å². The molecule has 3 heterocycles. The highest BCUT2D eigenvalue weighted by Crippen LogP contribution is 2.14. The van der Waals surface area contributed by atoms with E-state index in [2.05, 4.69) is 33.2 Å². The summed E-state index contributed by atoms with van der Waals surface area (Å²) >= 11 is 0. The fraction of sp³-hybridized carbons (Fsp3) is 0.429. The van der Waals surface area contributed by atoms with E-state index in [9.17, 15) is 0 Å². The molecule has 1 saturated heterocycles. The Hall–Kier alpha value is -1.68. The Morgan fingerprint density at radius 2 is 2.11 bits per heavy atom. The third-order valence-corrected chi connectivity index (χ3v) is 3.35. The Kier molecular flexibility index (Phi) is 3.37. The molecule has 3 rings (SSSR count). The molecule has 0 atom stereocenters. The lowest BCUT2D eigenvalue weighted by molar-refractivity contribution is 0.221. The molecule has 0 aliphatic carbocycles. The summed E-state index contributed by atoms with van der Waals surface area (Å²) in [5.41, 5.74) is 1.30. The number of rotatable bonds is 3. The largest absolute Gasteiger partial charge is 0.299 e. The maximum absolute atomic E-state index is 4.34. The molecule has 2 aromatic rings. The van der Waals surface area contributed by atoms with Crippen LogP contribution in [-0.4, -0.2) is 32.8 Å². The van der Waals surface area contributed by atoms with Crippen molar-refractivity contribution in [3.63, 3.8) is 0 Å². The lowest BCUT2D eigenvalue weighted by Crippen LogP contribution is -2.29. The van der Waals surface area contributed by atoms with E-state index in [1.807, 2.05) is 6.20 Å². The minimum Gasteiger partial charge on any atom is -0.299 e. The number of aromatic nitrogens is 3. The lowest BCUT2D eigenvalue weighted by Gasteiger charge is -2.26. The predicted molar refractivity (Wildman–Crippen MR) is 69.3 cm³/mol. The second kappa shape index (κ2) is 5.31. The van der Waals surface area contributed by atoms with Crippen molar-refractivity contribution in [2.24, 2.45) is 0 Å². The summed E-state index contributed by atoms with van der Waals surface area (Å²) < 4.78 is 1.75. The van der Waals surface area contributed by atoms with Crippen molar-refractivity contribution in [1.29, 1.82) is 0 Å². The first kappa shape index (κ1) is 11.4. The first-order valence-corrected chi connectivity index (χ1v) is 6.50. The zero-order chi connectivity index (χ0) is 12.2. The summed E-state index contributed by atoms with van der Waals surface area (Å²) in [6, 6.07) is 7.13. The van der Waals surface area contributed by atoms with Gasteiger partial charge in [-0.2, -0.15) is 5.10 Å². The second-order valence-corrected chi connectivity index (χ2v) is 4.74. The fourth-order valence-electron chi connectivity index (χ4n) is 2.42. The molecule has 0 amide bonds. The maximum Gasteiger partial charge on any atom is 0.153 e. The zero-order valence-corrected chi connectivity index (χ0v) is 10.4. The van der Waals surface area contributed by atoms with Gasteiger partial charge in [-0.3, -0.25) is 4.90 Å². The molecular weight excluding hydrogens is 224 g/mol. The number of hydrogen-bond acceptors (Lipinski definition) is 3. The van der Waals surface area contributed by atoms with Crippen LogP contribution in [0.25, 0.3) is 5.82 Å². The smallest absolute Gasteiger partial charge is 0.153 e. The average Bonchev–Trinajstić information content (AvgIpc) is 2.94. The van der Waals surface area contributed by atoms with Gasteiger partial charge in [-0.1, -0.05) is 6.42 Å². The van der Waals surface area contributed by atoms with Crippen LogP contribution in [0.3, 0.4) is 0 Å². The van der Waals surface area contributed by atoms with E-state index < -0.39 is 0 Å². The molecule has 0 N–H and O–H groups in total. The highest BCUT2D eigenvalue weighted by atomic mass is 15.3. The quantitative estimate of drug-likeness (QED) is 0.824. The molecule has 4 heteroatoms. The highest BCUT2D eigenvalue weighted by molar-refractivity contribution is 5.26. The SMILES string of the molecule is [c]1cnn(-c2cc(CN3CCCCC3)ccn2)c1. The normalized spacial score (nSPS) is 16.9. The van der Waals surface area contributed by atoms with Crippen LogP contribution in [0.2, 0.25) is 0 Å². The zero-order valence-electron chi connectivity index (χ0n) is 10.4. The summed E-state index contributed by atoms with van der Waals surface area (Å²) in [5.74, 6) is 0.866. The highest BCUT2D eigenvalue weighted by Gasteiger charge is 2.10. The molecule has 0 unspecified atom stereocenters. The summed E-state index contributed by atoms with van der Waals surface area (Å²) in [4.78, 5) is 6.85. The van der Waals surface area contributed by atoms with Crippen molar-refractivity contribution < 1.29 is 0 Å². The molecule has 1 aliphatic heterocycles. The number of nitrogens with zero attached hydrogens (tertiary/aromatic N) is 4. The first-order valence-electron chi connectivity index (χ1n) is 6.50. The Bertz CT molecular complexity index is 486. The van der Waals surface area contributed by atoms with Crippen molar-refractivity contribution >= 4 is 0 Å². The molecule has 0 spiro atoms. The monoisotopic (exact) mass is 241 g/mol.